The second-order valence-electron chi connectivity index (χ2n) is 4.72. The minimum absolute atomic E-state index is 0.291. The Morgan fingerprint density at radius 3 is 2.48 bits per heavy atom. The normalized spacial score (nSPS) is 10.2. The van der Waals surface area contributed by atoms with E-state index in [1.165, 1.54) is 0 Å². The monoisotopic (exact) mass is 334 g/mol. The Morgan fingerprint density at radius 1 is 1.13 bits per heavy atom. The Balaban J connectivity index is 2.32. The van der Waals surface area contributed by atoms with E-state index in [0.29, 0.717) is 46.7 Å². The lowest BCUT2D eigenvalue weighted by molar-refractivity contribution is 0.102. The molecule has 6 heteroatoms. The molecule has 0 unspecified atom stereocenters. The second-order valence-corrected chi connectivity index (χ2v) is 5.15. The number of halogens is 1. The predicted octanol–water partition coefficient (Wildman–Crippen LogP) is 3.97. The average Bonchev–Trinajstić information content (AvgIpc) is 2.52. The maximum absolute atomic E-state index is 12.4. The van der Waals surface area contributed by atoms with Crippen LogP contribution in [0.25, 0.3) is 0 Å². The Labute approximate surface area is 140 Å². The number of carbonyl (C=O) groups is 1. The summed E-state index contributed by atoms with van der Waals surface area (Å²) in [6.45, 7) is 4.64. The highest BCUT2D eigenvalue weighted by atomic mass is 35.5. The van der Waals surface area contributed by atoms with Gasteiger partial charge in [-0.15, -0.1) is 0 Å². The van der Waals surface area contributed by atoms with Crippen molar-refractivity contribution in [3.8, 4) is 11.5 Å². The number of nitrogens with one attached hydrogen (secondary N) is 1. The fourth-order valence-electron chi connectivity index (χ4n) is 2.05. The van der Waals surface area contributed by atoms with Crippen LogP contribution in [0.5, 0.6) is 11.5 Å². The number of amides is 1. The van der Waals surface area contributed by atoms with E-state index >= 15 is 0 Å². The summed E-state index contributed by atoms with van der Waals surface area (Å²) in [5.74, 6) is 0.696. The first-order chi connectivity index (χ1) is 11.0. The van der Waals surface area contributed by atoms with Crippen LogP contribution in [-0.2, 0) is 0 Å². The molecule has 0 aliphatic rings. The molecule has 0 bridgehead atoms. The van der Waals surface area contributed by atoms with Gasteiger partial charge in [0.2, 0.25) is 0 Å². The van der Waals surface area contributed by atoms with Crippen LogP contribution >= 0.6 is 11.6 Å². The smallest absolute Gasteiger partial charge is 0.255 e. The highest BCUT2D eigenvalue weighted by Gasteiger charge is 2.14. The van der Waals surface area contributed by atoms with E-state index < -0.39 is 0 Å². The molecule has 3 N–H and O–H groups in total. The first-order valence-corrected chi connectivity index (χ1v) is 7.69. The lowest BCUT2D eigenvalue weighted by atomic mass is 10.2. The second kappa shape index (κ2) is 7.74. The molecule has 0 atom stereocenters. The quantitative estimate of drug-likeness (QED) is 0.784. The molecule has 2 aromatic rings. The van der Waals surface area contributed by atoms with Crippen molar-refractivity contribution in [2.75, 3.05) is 24.3 Å². The van der Waals surface area contributed by atoms with Gasteiger partial charge in [-0.3, -0.25) is 4.79 Å². The molecular weight excluding hydrogens is 316 g/mol. The van der Waals surface area contributed by atoms with Crippen LogP contribution in [0.1, 0.15) is 24.2 Å². The number of hydrogen-bond donors (Lipinski definition) is 2. The Kier molecular flexibility index (Phi) is 5.71. The van der Waals surface area contributed by atoms with E-state index in [4.69, 9.17) is 26.8 Å². The van der Waals surface area contributed by atoms with Crippen LogP contribution in [0.15, 0.2) is 36.4 Å². The van der Waals surface area contributed by atoms with Gasteiger partial charge in [0.15, 0.2) is 0 Å². The van der Waals surface area contributed by atoms with Gasteiger partial charge in [0.05, 0.1) is 24.6 Å². The minimum Gasteiger partial charge on any atom is -0.492 e. The standard InChI is InChI=1S/C17H19ClN2O3/c1-3-22-15-10-14(16(23-4-2)9-13(15)19)20-17(21)11-6-5-7-12(18)8-11/h5-10H,3-4,19H2,1-2H3,(H,20,21). The minimum atomic E-state index is -0.291. The number of rotatable bonds is 6. The number of anilines is 2. The molecule has 5 nitrogen and oxygen atoms in total. The summed E-state index contributed by atoms with van der Waals surface area (Å²) in [4.78, 5) is 12.4. The summed E-state index contributed by atoms with van der Waals surface area (Å²) in [6, 6.07) is 10.0. The third-order valence-corrected chi connectivity index (χ3v) is 3.28. The predicted molar refractivity (Wildman–Crippen MR) is 92.6 cm³/mol. The molecule has 0 radical (unpaired) electrons. The summed E-state index contributed by atoms with van der Waals surface area (Å²) in [7, 11) is 0. The topological polar surface area (TPSA) is 73.6 Å². The van der Waals surface area contributed by atoms with Gasteiger partial charge in [-0.2, -0.15) is 0 Å². The van der Waals surface area contributed by atoms with Crippen molar-refractivity contribution in [1.82, 2.24) is 0 Å². The van der Waals surface area contributed by atoms with Gasteiger partial charge in [0.25, 0.3) is 5.91 Å². The summed E-state index contributed by atoms with van der Waals surface area (Å²) in [6.07, 6.45) is 0. The molecule has 122 valence electrons. The SMILES string of the molecule is CCOc1cc(NC(=O)c2cccc(Cl)c2)c(OCC)cc1N. The largest absolute Gasteiger partial charge is 0.492 e. The molecule has 2 aromatic carbocycles. The zero-order valence-electron chi connectivity index (χ0n) is 13.1. The Hall–Kier alpha value is -2.40. The lowest BCUT2D eigenvalue weighted by Crippen LogP contribution is -2.13. The van der Waals surface area contributed by atoms with Gasteiger partial charge in [0, 0.05) is 22.7 Å². The molecule has 1 amide bonds. The van der Waals surface area contributed by atoms with Crippen molar-refractivity contribution >= 4 is 28.9 Å². The van der Waals surface area contributed by atoms with Crippen molar-refractivity contribution in [3.63, 3.8) is 0 Å². The van der Waals surface area contributed by atoms with Gasteiger partial charge < -0.3 is 20.5 Å². The van der Waals surface area contributed by atoms with Crippen LogP contribution in [0.4, 0.5) is 11.4 Å². The van der Waals surface area contributed by atoms with Crippen molar-refractivity contribution in [1.29, 1.82) is 0 Å². The maximum Gasteiger partial charge on any atom is 0.255 e. The Morgan fingerprint density at radius 2 is 1.83 bits per heavy atom. The number of benzene rings is 2. The van der Waals surface area contributed by atoms with Crippen molar-refractivity contribution < 1.29 is 14.3 Å². The summed E-state index contributed by atoms with van der Waals surface area (Å²) < 4.78 is 11.0. The highest BCUT2D eigenvalue weighted by Crippen LogP contribution is 2.35. The Bertz CT molecular complexity index is 704. The van der Waals surface area contributed by atoms with E-state index in [2.05, 4.69) is 5.32 Å². The van der Waals surface area contributed by atoms with Gasteiger partial charge >= 0.3 is 0 Å². The zero-order valence-corrected chi connectivity index (χ0v) is 13.8. The number of carbonyl (C=O) groups excluding carboxylic acids is 1. The summed E-state index contributed by atoms with van der Waals surface area (Å²) in [5, 5.41) is 3.30. The number of hydrogen-bond acceptors (Lipinski definition) is 4. The van der Waals surface area contributed by atoms with Crippen LogP contribution in [0, 0.1) is 0 Å². The van der Waals surface area contributed by atoms with Gasteiger partial charge in [-0.1, -0.05) is 17.7 Å². The first kappa shape index (κ1) is 17.0. The molecule has 0 saturated heterocycles. The third kappa shape index (κ3) is 4.29. The van der Waals surface area contributed by atoms with Crippen LogP contribution < -0.4 is 20.5 Å². The van der Waals surface area contributed by atoms with Crippen molar-refractivity contribution in [2.45, 2.75) is 13.8 Å². The number of ether oxygens (including phenoxy) is 2. The van der Waals surface area contributed by atoms with E-state index in [1.54, 1.807) is 36.4 Å². The molecule has 0 fully saturated rings. The van der Waals surface area contributed by atoms with Crippen molar-refractivity contribution in [2.24, 2.45) is 0 Å². The van der Waals surface area contributed by atoms with Gasteiger partial charge in [-0.25, -0.2) is 0 Å². The summed E-state index contributed by atoms with van der Waals surface area (Å²) in [5.41, 5.74) is 7.34. The zero-order chi connectivity index (χ0) is 16.8. The van der Waals surface area contributed by atoms with E-state index in [1.807, 2.05) is 13.8 Å². The molecule has 0 aromatic heterocycles. The first-order valence-electron chi connectivity index (χ1n) is 7.31. The van der Waals surface area contributed by atoms with Crippen LogP contribution in [0.3, 0.4) is 0 Å². The molecule has 0 aliphatic carbocycles. The van der Waals surface area contributed by atoms with Gasteiger partial charge in [-0.05, 0) is 32.0 Å². The summed E-state index contributed by atoms with van der Waals surface area (Å²) >= 11 is 5.92. The highest BCUT2D eigenvalue weighted by molar-refractivity contribution is 6.31. The maximum atomic E-state index is 12.4. The molecule has 0 spiro atoms. The lowest BCUT2D eigenvalue weighted by Gasteiger charge is -2.15. The third-order valence-electron chi connectivity index (χ3n) is 3.05. The molecule has 2 rings (SSSR count). The fourth-order valence-corrected chi connectivity index (χ4v) is 2.24. The van der Waals surface area contributed by atoms with Crippen molar-refractivity contribution in [3.05, 3.63) is 47.0 Å². The molecular formula is C17H19ClN2O3. The molecule has 0 saturated carbocycles. The molecule has 0 aliphatic heterocycles. The molecule has 23 heavy (non-hydrogen) atoms. The van der Waals surface area contributed by atoms with E-state index in [0.717, 1.165) is 0 Å². The van der Waals surface area contributed by atoms with Crippen LogP contribution in [0.2, 0.25) is 5.02 Å². The molecule has 0 heterocycles. The fraction of sp³-hybridized carbons (Fsp3) is 0.235. The van der Waals surface area contributed by atoms with Crippen LogP contribution in [-0.4, -0.2) is 19.1 Å². The van der Waals surface area contributed by atoms with E-state index in [9.17, 15) is 4.79 Å². The van der Waals surface area contributed by atoms with E-state index in [-0.39, 0.29) is 5.91 Å². The van der Waals surface area contributed by atoms with Gasteiger partial charge in [0.1, 0.15) is 11.5 Å². The number of nitrogens with two attached hydrogens (primary N) is 1. The number of nitrogen functional groups attached to an aromatic ring is 1. The average molecular weight is 335 g/mol.